The molecule has 2 radical (unpaired) electrons. The zero-order valence-electron chi connectivity index (χ0n) is 7.71. The summed E-state index contributed by atoms with van der Waals surface area (Å²) in [6.45, 7) is 2.12. The second-order valence-electron chi connectivity index (χ2n) is 3.22. The fourth-order valence-corrected chi connectivity index (χ4v) is 1.76. The molecule has 1 aliphatic rings. The Morgan fingerprint density at radius 2 is 2.23 bits per heavy atom. The van der Waals surface area contributed by atoms with Crippen LogP contribution >= 0.6 is 0 Å². The van der Waals surface area contributed by atoms with Gasteiger partial charge in [-0.15, -0.1) is 0 Å². The summed E-state index contributed by atoms with van der Waals surface area (Å²) in [5.41, 5.74) is 7.77. The van der Waals surface area contributed by atoms with Crippen LogP contribution < -0.4 is 5.73 Å². The van der Waals surface area contributed by atoms with E-state index in [0.717, 1.165) is 39.0 Å². The predicted molar refractivity (Wildman–Crippen MR) is 55.5 cm³/mol. The first-order valence-corrected chi connectivity index (χ1v) is 5.87. The van der Waals surface area contributed by atoms with Crippen LogP contribution in [0.3, 0.4) is 0 Å². The Balaban J connectivity index is 2.76. The summed E-state index contributed by atoms with van der Waals surface area (Å²) in [7, 11) is 0. The van der Waals surface area contributed by atoms with Gasteiger partial charge in [-0.2, -0.15) is 0 Å². The molecule has 0 aromatic rings. The van der Waals surface area contributed by atoms with Gasteiger partial charge in [0.1, 0.15) is 0 Å². The molecule has 2 nitrogen and oxygen atoms in total. The van der Waals surface area contributed by atoms with Gasteiger partial charge in [0.25, 0.3) is 0 Å². The van der Waals surface area contributed by atoms with Crippen molar-refractivity contribution in [3.8, 4) is 0 Å². The molecular formula is C10H13NOSn. The van der Waals surface area contributed by atoms with Crippen LogP contribution in [0.25, 0.3) is 0 Å². The molecule has 68 valence electrons. The van der Waals surface area contributed by atoms with Crippen molar-refractivity contribution in [3.05, 3.63) is 33.0 Å². The van der Waals surface area contributed by atoms with Crippen LogP contribution in [0.2, 0.25) is 0 Å². The van der Waals surface area contributed by atoms with E-state index in [-0.39, 0.29) is 5.91 Å². The predicted octanol–water partition coefficient (Wildman–Crippen LogP) is 0.923. The van der Waals surface area contributed by atoms with E-state index in [1.807, 2.05) is 6.08 Å². The van der Waals surface area contributed by atoms with E-state index in [0.29, 0.717) is 0 Å². The number of hydrogen-bond donors (Lipinski definition) is 1. The van der Waals surface area contributed by atoms with Crippen molar-refractivity contribution in [1.29, 1.82) is 0 Å². The fraction of sp³-hybridized carbons (Fsp3) is 0.300. The second kappa shape index (κ2) is 4.65. The maximum atomic E-state index is 10.8. The van der Waals surface area contributed by atoms with Crippen LogP contribution in [0.4, 0.5) is 0 Å². The van der Waals surface area contributed by atoms with Gasteiger partial charge < -0.3 is 0 Å². The van der Waals surface area contributed by atoms with E-state index in [9.17, 15) is 4.79 Å². The molecule has 0 saturated carbocycles. The number of primary amides is 1. The first-order valence-electron chi connectivity index (χ1n) is 4.23. The van der Waals surface area contributed by atoms with Crippen molar-refractivity contribution in [2.24, 2.45) is 5.73 Å². The number of rotatable bonds is 2. The Morgan fingerprint density at radius 3 is 2.69 bits per heavy atom. The third kappa shape index (κ3) is 3.38. The number of carbonyl (C=O) groups excluding carboxylic acids is 1. The molecule has 1 aliphatic carbocycles. The molecule has 0 spiro atoms. The number of nitrogens with two attached hydrogens (primary N) is 1. The summed E-state index contributed by atoms with van der Waals surface area (Å²) < 4.78 is 0.754. The van der Waals surface area contributed by atoms with E-state index in [1.54, 1.807) is 0 Å². The van der Waals surface area contributed by atoms with Crippen LogP contribution in [0.5, 0.6) is 0 Å². The van der Waals surface area contributed by atoms with Crippen molar-refractivity contribution in [1.82, 2.24) is 0 Å². The molecule has 0 bridgehead atoms. The first-order chi connectivity index (χ1) is 6.09. The molecule has 3 heteroatoms. The number of allylic oxidation sites excluding steroid dienone is 5. The zero-order valence-corrected chi connectivity index (χ0v) is 11.0. The fourth-order valence-electron chi connectivity index (χ4n) is 1.15. The Labute approximate surface area is 91.7 Å². The standard InChI is InChI=1S/C10H12NO.Sn.H/c1-8-2-4-9(5-3-8)6-7-10(11)12;;/h2,4,6H,3,5H2,1H3,(H2,11,12);;. The summed E-state index contributed by atoms with van der Waals surface area (Å²) in [6, 6.07) is 0. The number of carbonyl (C=O) groups is 1. The van der Waals surface area contributed by atoms with Gasteiger partial charge >= 0.3 is 91.7 Å². The molecule has 0 unspecified atom stereocenters. The Morgan fingerprint density at radius 1 is 1.54 bits per heavy atom. The van der Waals surface area contributed by atoms with E-state index in [2.05, 4.69) is 19.1 Å². The van der Waals surface area contributed by atoms with Crippen molar-refractivity contribution < 1.29 is 4.79 Å². The summed E-state index contributed by atoms with van der Waals surface area (Å²) in [6.07, 6.45) is 8.21. The summed E-state index contributed by atoms with van der Waals surface area (Å²) in [5.74, 6) is -0.283. The summed E-state index contributed by atoms with van der Waals surface area (Å²) >= 11 is 0.792. The van der Waals surface area contributed by atoms with E-state index < -0.39 is 0 Å². The van der Waals surface area contributed by atoms with E-state index in [4.69, 9.17) is 5.73 Å². The molecule has 0 atom stereocenters. The van der Waals surface area contributed by atoms with Gasteiger partial charge in [-0.05, 0) is 0 Å². The molecule has 0 aromatic heterocycles. The third-order valence-electron chi connectivity index (χ3n) is 2.02. The second-order valence-corrected chi connectivity index (χ2v) is 4.99. The minimum absolute atomic E-state index is 0.283. The normalized spacial score (nSPS) is 17.8. The average molecular weight is 282 g/mol. The van der Waals surface area contributed by atoms with Gasteiger partial charge in [0.15, 0.2) is 0 Å². The SMILES string of the molecule is CC1=CC=C(/C=[C](/[SnH])C(N)=O)CC1. The van der Waals surface area contributed by atoms with E-state index in [1.165, 1.54) is 11.1 Å². The van der Waals surface area contributed by atoms with Crippen molar-refractivity contribution in [2.75, 3.05) is 0 Å². The molecule has 1 amide bonds. The Hall–Kier alpha value is -0.511. The molecule has 0 aliphatic heterocycles. The van der Waals surface area contributed by atoms with Gasteiger partial charge in [-0.3, -0.25) is 0 Å². The van der Waals surface area contributed by atoms with Crippen molar-refractivity contribution in [3.63, 3.8) is 0 Å². The van der Waals surface area contributed by atoms with Crippen LogP contribution in [-0.4, -0.2) is 28.4 Å². The van der Waals surface area contributed by atoms with Crippen LogP contribution in [0.1, 0.15) is 19.8 Å². The van der Waals surface area contributed by atoms with Gasteiger partial charge in [0, 0.05) is 0 Å². The topological polar surface area (TPSA) is 43.1 Å². The van der Waals surface area contributed by atoms with Crippen molar-refractivity contribution in [2.45, 2.75) is 19.8 Å². The number of amides is 1. The third-order valence-corrected chi connectivity index (χ3v) is 3.30. The van der Waals surface area contributed by atoms with Crippen LogP contribution in [0, 0.1) is 0 Å². The maximum absolute atomic E-state index is 10.8. The van der Waals surface area contributed by atoms with Crippen molar-refractivity contribution >= 4 is 28.4 Å². The van der Waals surface area contributed by atoms with Gasteiger partial charge in [0.05, 0.1) is 0 Å². The number of hydrogen-bond acceptors (Lipinski definition) is 1. The molecule has 1 rings (SSSR count). The molecule has 13 heavy (non-hydrogen) atoms. The minimum atomic E-state index is -0.283. The first kappa shape index (κ1) is 10.6. The van der Waals surface area contributed by atoms with Crippen LogP contribution in [-0.2, 0) is 4.79 Å². The Bertz CT molecular complexity index is 313. The molecule has 0 fully saturated rings. The summed E-state index contributed by atoms with van der Waals surface area (Å²) in [5, 5.41) is 0. The molecule has 0 aromatic carbocycles. The van der Waals surface area contributed by atoms with Gasteiger partial charge in [-0.25, -0.2) is 0 Å². The molecular weight excluding hydrogens is 269 g/mol. The molecule has 2 N–H and O–H groups in total. The monoisotopic (exact) mass is 283 g/mol. The van der Waals surface area contributed by atoms with Gasteiger partial charge in [-0.1, -0.05) is 0 Å². The van der Waals surface area contributed by atoms with Gasteiger partial charge in [0.2, 0.25) is 0 Å². The average Bonchev–Trinajstić information content (AvgIpc) is 2.08. The van der Waals surface area contributed by atoms with Crippen LogP contribution in [0.15, 0.2) is 33.0 Å². The molecule has 0 heterocycles. The summed E-state index contributed by atoms with van der Waals surface area (Å²) in [4.78, 5) is 10.8. The van der Waals surface area contributed by atoms with E-state index >= 15 is 0 Å². The zero-order chi connectivity index (χ0) is 9.84. The quantitative estimate of drug-likeness (QED) is 0.594. The Kier molecular flexibility index (Phi) is 3.78. The molecule has 0 saturated heterocycles.